The van der Waals surface area contributed by atoms with Gasteiger partial charge in [-0.1, -0.05) is 29.3 Å². The fourth-order valence-corrected chi connectivity index (χ4v) is 2.05. The van der Waals surface area contributed by atoms with Crippen LogP contribution in [0.4, 0.5) is 11.4 Å². The van der Waals surface area contributed by atoms with Crippen LogP contribution in [0.1, 0.15) is 11.1 Å². The molecule has 2 aromatic rings. The Morgan fingerprint density at radius 3 is 2.44 bits per heavy atom. The summed E-state index contributed by atoms with van der Waals surface area (Å²) in [7, 11) is 1.65. The molecular weight excluding hydrogens is 246 g/mol. The molecule has 0 radical (unpaired) electrons. The molecule has 0 bridgehead atoms. The van der Waals surface area contributed by atoms with Gasteiger partial charge in [0.25, 0.3) is 0 Å². The third-order valence-electron chi connectivity index (χ3n) is 2.81. The zero-order valence-electron chi connectivity index (χ0n) is 10.8. The zero-order chi connectivity index (χ0) is 13.1. The first-order valence-electron chi connectivity index (χ1n) is 5.78. The Morgan fingerprint density at radius 1 is 1.00 bits per heavy atom. The third-order valence-corrected chi connectivity index (χ3v) is 3.05. The van der Waals surface area contributed by atoms with E-state index in [0.717, 1.165) is 17.1 Å². The highest BCUT2D eigenvalue weighted by Gasteiger charge is 2.05. The van der Waals surface area contributed by atoms with E-state index in [4.69, 9.17) is 16.3 Å². The third kappa shape index (κ3) is 2.77. The molecule has 0 fully saturated rings. The van der Waals surface area contributed by atoms with E-state index in [0.29, 0.717) is 5.02 Å². The van der Waals surface area contributed by atoms with Crippen LogP contribution in [-0.2, 0) is 0 Å². The van der Waals surface area contributed by atoms with Crippen molar-refractivity contribution < 1.29 is 4.74 Å². The number of benzene rings is 2. The Morgan fingerprint density at radius 2 is 1.78 bits per heavy atom. The lowest BCUT2D eigenvalue weighted by Gasteiger charge is -2.13. The van der Waals surface area contributed by atoms with Crippen LogP contribution in [0.15, 0.2) is 36.4 Å². The van der Waals surface area contributed by atoms with Gasteiger partial charge in [-0.3, -0.25) is 0 Å². The Kier molecular flexibility index (Phi) is 3.78. The summed E-state index contributed by atoms with van der Waals surface area (Å²) in [5.74, 6) is 0.777. The van der Waals surface area contributed by atoms with E-state index in [1.54, 1.807) is 7.11 Å². The van der Waals surface area contributed by atoms with E-state index in [1.165, 1.54) is 11.1 Å². The quantitative estimate of drug-likeness (QED) is 0.864. The Bertz CT molecular complexity index is 566. The first-order valence-corrected chi connectivity index (χ1v) is 6.16. The molecule has 2 nitrogen and oxygen atoms in total. The van der Waals surface area contributed by atoms with Gasteiger partial charge >= 0.3 is 0 Å². The van der Waals surface area contributed by atoms with Gasteiger partial charge in [0.15, 0.2) is 0 Å². The Labute approximate surface area is 113 Å². The largest absolute Gasteiger partial charge is 0.495 e. The molecule has 0 saturated heterocycles. The number of ether oxygens (including phenoxy) is 1. The minimum Gasteiger partial charge on any atom is -0.495 e. The van der Waals surface area contributed by atoms with Crippen molar-refractivity contribution in [3.63, 3.8) is 0 Å². The van der Waals surface area contributed by atoms with Crippen LogP contribution in [0, 0.1) is 13.8 Å². The minimum atomic E-state index is 0.683. The molecule has 0 aromatic heterocycles. The van der Waals surface area contributed by atoms with E-state index >= 15 is 0 Å². The van der Waals surface area contributed by atoms with Gasteiger partial charge in [-0.2, -0.15) is 0 Å². The maximum Gasteiger partial charge on any atom is 0.142 e. The first-order chi connectivity index (χ1) is 8.60. The molecule has 94 valence electrons. The Balaban J connectivity index is 2.36. The fourth-order valence-electron chi connectivity index (χ4n) is 1.88. The van der Waals surface area contributed by atoms with Gasteiger partial charge in [0.1, 0.15) is 5.75 Å². The van der Waals surface area contributed by atoms with Crippen LogP contribution >= 0.6 is 11.6 Å². The minimum absolute atomic E-state index is 0.683. The second kappa shape index (κ2) is 5.32. The lowest BCUT2D eigenvalue weighted by molar-refractivity contribution is 0.417. The number of hydrogen-bond acceptors (Lipinski definition) is 2. The smallest absolute Gasteiger partial charge is 0.142 e. The van der Waals surface area contributed by atoms with Crippen LogP contribution in [0.3, 0.4) is 0 Å². The maximum atomic E-state index is 6.01. The molecule has 0 unspecified atom stereocenters. The number of halogens is 1. The molecule has 0 spiro atoms. The highest BCUT2D eigenvalue weighted by molar-refractivity contribution is 6.31. The number of rotatable bonds is 3. The molecule has 0 atom stereocenters. The lowest BCUT2D eigenvalue weighted by atomic mass is 10.1. The van der Waals surface area contributed by atoms with E-state index in [-0.39, 0.29) is 0 Å². The van der Waals surface area contributed by atoms with Crippen LogP contribution in [0.2, 0.25) is 5.02 Å². The predicted molar refractivity (Wildman–Crippen MR) is 77.2 cm³/mol. The molecule has 1 N–H and O–H groups in total. The average Bonchev–Trinajstić information content (AvgIpc) is 2.33. The lowest BCUT2D eigenvalue weighted by Crippen LogP contribution is -1.96. The highest BCUT2D eigenvalue weighted by Crippen LogP contribution is 2.31. The molecule has 3 heteroatoms. The summed E-state index contributed by atoms with van der Waals surface area (Å²) in [5, 5.41) is 4.03. The first kappa shape index (κ1) is 12.8. The van der Waals surface area contributed by atoms with E-state index in [1.807, 2.05) is 18.2 Å². The molecule has 0 aliphatic heterocycles. The zero-order valence-corrected chi connectivity index (χ0v) is 11.5. The summed E-state index contributed by atoms with van der Waals surface area (Å²) < 4.78 is 5.31. The number of methoxy groups -OCH3 is 1. The van der Waals surface area contributed by atoms with E-state index < -0.39 is 0 Å². The summed E-state index contributed by atoms with van der Waals surface area (Å²) in [6.45, 7) is 4.16. The van der Waals surface area contributed by atoms with Crippen molar-refractivity contribution in [2.24, 2.45) is 0 Å². The summed E-state index contributed by atoms with van der Waals surface area (Å²) in [4.78, 5) is 0. The SMILES string of the molecule is COc1ccc(Cl)cc1Nc1ccc(C)cc1C. The van der Waals surface area contributed by atoms with Crippen molar-refractivity contribution in [1.29, 1.82) is 0 Å². The van der Waals surface area contributed by atoms with Crippen molar-refractivity contribution in [3.8, 4) is 5.75 Å². The number of aryl methyl sites for hydroxylation is 2. The van der Waals surface area contributed by atoms with Crippen LogP contribution < -0.4 is 10.1 Å². The van der Waals surface area contributed by atoms with Crippen LogP contribution in [0.5, 0.6) is 5.75 Å². The van der Waals surface area contributed by atoms with E-state index in [9.17, 15) is 0 Å². The topological polar surface area (TPSA) is 21.3 Å². The van der Waals surface area contributed by atoms with Crippen molar-refractivity contribution in [2.45, 2.75) is 13.8 Å². The number of anilines is 2. The molecule has 0 aliphatic carbocycles. The van der Waals surface area contributed by atoms with Crippen molar-refractivity contribution in [3.05, 3.63) is 52.5 Å². The average molecular weight is 262 g/mol. The molecular formula is C15H16ClNO. The van der Waals surface area contributed by atoms with Gasteiger partial charge in [-0.15, -0.1) is 0 Å². The summed E-state index contributed by atoms with van der Waals surface area (Å²) >= 11 is 6.01. The van der Waals surface area contributed by atoms with Crippen molar-refractivity contribution in [1.82, 2.24) is 0 Å². The Hall–Kier alpha value is -1.67. The van der Waals surface area contributed by atoms with Crippen molar-refractivity contribution >= 4 is 23.0 Å². The maximum absolute atomic E-state index is 6.01. The molecule has 0 heterocycles. The standard InChI is InChI=1S/C15H16ClNO/c1-10-4-6-13(11(2)8-10)17-14-9-12(16)5-7-15(14)18-3/h4-9,17H,1-3H3. The van der Waals surface area contributed by atoms with Crippen molar-refractivity contribution in [2.75, 3.05) is 12.4 Å². The summed E-state index contributed by atoms with van der Waals surface area (Å²) in [5.41, 5.74) is 4.37. The predicted octanol–water partition coefficient (Wildman–Crippen LogP) is 4.71. The highest BCUT2D eigenvalue weighted by atomic mass is 35.5. The van der Waals surface area contributed by atoms with Gasteiger partial charge in [-0.05, 0) is 43.7 Å². The summed E-state index contributed by atoms with van der Waals surface area (Å²) in [6, 6.07) is 11.8. The monoisotopic (exact) mass is 261 g/mol. The normalized spacial score (nSPS) is 10.2. The molecule has 0 amide bonds. The van der Waals surface area contributed by atoms with Gasteiger partial charge in [-0.25, -0.2) is 0 Å². The van der Waals surface area contributed by atoms with Gasteiger partial charge in [0.2, 0.25) is 0 Å². The molecule has 0 aliphatic rings. The molecule has 2 rings (SSSR count). The molecule has 2 aromatic carbocycles. The number of hydrogen-bond donors (Lipinski definition) is 1. The second-order valence-electron chi connectivity index (χ2n) is 4.29. The molecule has 18 heavy (non-hydrogen) atoms. The number of nitrogens with one attached hydrogen (secondary N) is 1. The molecule has 0 saturated carbocycles. The summed E-state index contributed by atoms with van der Waals surface area (Å²) in [6.07, 6.45) is 0. The van der Waals surface area contributed by atoms with Gasteiger partial charge in [0, 0.05) is 10.7 Å². The van der Waals surface area contributed by atoms with E-state index in [2.05, 4.69) is 37.4 Å². The van der Waals surface area contributed by atoms with Crippen LogP contribution in [0.25, 0.3) is 0 Å². The van der Waals surface area contributed by atoms with Gasteiger partial charge in [0.05, 0.1) is 12.8 Å². The second-order valence-corrected chi connectivity index (χ2v) is 4.72. The fraction of sp³-hybridized carbons (Fsp3) is 0.200. The van der Waals surface area contributed by atoms with Crippen LogP contribution in [-0.4, -0.2) is 7.11 Å². The van der Waals surface area contributed by atoms with Gasteiger partial charge < -0.3 is 10.1 Å².